The molecule has 0 aliphatic carbocycles. The zero-order valence-electron chi connectivity index (χ0n) is 16.4. The first-order valence-corrected chi connectivity index (χ1v) is 10.4. The van der Waals surface area contributed by atoms with Crippen molar-refractivity contribution < 1.29 is 17.9 Å². The average Bonchev–Trinajstić information content (AvgIpc) is 2.68. The van der Waals surface area contributed by atoms with Gasteiger partial charge in [0.2, 0.25) is 0 Å². The third kappa shape index (κ3) is 4.75. The first kappa shape index (κ1) is 20.4. The molecule has 0 bridgehead atoms. The lowest BCUT2D eigenvalue weighted by molar-refractivity contribution is 0.102. The van der Waals surface area contributed by atoms with Gasteiger partial charge in [-0.2, -0.15) is 0 Å². The average molecular weight is 410 g/mol. The van der Waals surface area contributed by atoms with E-state index >= 15 is 0 Å². The van der Waals surface area contributed by atoms with Gasteiger partial charge in [0.15, 0.2) is 0 Å². The topological polar surface area (TPSA) is 84.5 Å². The number of aryl methyl sites for hydroxylation is 2. The van der Waals surface area contributed by atoms with Crippen molar-refractivity contribution in [1.29, 1.82) is 0 Å². The maximum Gasteiger partial charge on any atom is 0.265 e. The van der Waals surface area contributed by atoms with Crippen LogP contribution in [-0.2, 0) is 10.0 Å². The molecule has 150 valence electrons. The molecule has 3 aromatic carbocycles. The van der Waals surface area contributed by atoms with E-state index in [0.717, 1.165) is 11.1 Å². The minimum absolute atomic E-state index is 0.00824. The Kier molecular flexibility index (Phi) is 5.89. The molecule has 0 fully saturated rings. The molecule has 0 aliphatic heterocycles. The number of anilines is 2. The summed E-state index contributed by atoms with van der Waals surface area (Å²) in [6, 6.07) is 18.7. The quantitative estimate of drug-likeness (QED) is 0.632. The fraction of sp³-hybridized carbons (Fsp3) is 0.136. The molecule has 0 aliphatic rings. The summed E-state index contributed by atoms with van der Waals surface area (Å²) in [5.41, 5.74) is 2.80. The fourth-order valence-corrected chi connectivity index (χ4v) is 4.22. The molecule has 0 radical (unpaired) electrons. The van der Waals surface area contributed by atoms with Gasteiger partial charge < -0.3 is 10.1 Å². The smallest absolute Gasteiger partial charge is 0.265 e. The van der Waals surface area contributed by atoms with Crippen LogP contribution >= 0.6 is 0 Å². The number of methoxy groups -OCH3 is 1. The second kappa shape index (κ2) is 8.36. The van der Waals surface area contributed by atoms with Crippen molar-refractivity contribution in [1.82, 2.24) is 0 Å². The molecule has 0 spiro atoms. The minimum Gasteiger partial charge on any atom is -0.495 e. The van der Waals surface area contributed by atoms with E-state index in [2.05, 4.69) is 10.0 Å². The molecule has 0 atom stereocenters. The van der Waals surface area contributed by atoms with Crippen LogP contribution in [0.2, 0.25) is 0 Å². The summed E-state index contributed by atoms with van der Waals surface area (Å²) in [5.74, 6) is -0.185. The number of amides is 1. The Labute approximate surface area is 170 Å². The Morgan fingerprint density at radius 2 is 1.62 bits per heavy atom. The number of hydrogen-bond acceptors (Lipinski definition) is 4. The van der Waals surface area contributed by atoms with E-state index in [0.29, 0.717) is 5.69 Å². The van der Waals surface area contributed by atoms with E-state index in [1.54, 1.807) is 49.4 Å². The van der Waals surface area contributed by atoms with Gasteiger partial charge >= 0.3 is 0 Å². The van der Waals surface area contributed by atoms with Crippen molar-refractivity contribution in [2.75, 3.05) is 17.1 Å². The molecular weight excluding hydrogens is 388 g/mol. The largest absolute Gasteiger partial charge is 0.495 e. The molecule has 29 heavy (non-hydrogen) atoms. The van der Waals surface area contributed by atoms with Crippen LogP contribution in [-0.4, -0.2) is 21.4 Å². The normalized spacial score (nSPS) is 11.0. The number of sulfonamides is 1. The van der Waals surface area contributed by atoms with Gasteiger partial charge in [-0.3, -0.25) is 9.52 Å². The summed E-state index contributed by atoms with van der Waals surface area (Å²) in [4.78, 5) is 12.8. The molecule has 0 saturated heterocycles. The third-order valence-electron chi connectivity index (χ3n) is 4.30. The van der Waals surface area contributed by atoms with Gasteiger partial charge in [-0.15, -0.1) is 0 Å². The number of nitrogens with one attached hydrogen (secondary N) is 2. The van der Waals surface area contributed by atoms with Gasteiger partial charge in [-0.25, -0.2) is 8.42 Å². The highest BCUT2D eigenvalue weighted by atomic mass is 32.2. The van der Waals surface area contributed by atoms with Crippen LogP contribution in [0.5, 0.6) is 5.75 Å². The molecule has 1 amide bonds. The van der Waals surface area contributed by atoms with Gasteiger partial charge in [-0.1, -0.05) is 30.3 Å². The molecule has 3 rings (SSSR count). The predicted molar refractivity (Wildman–Crippen MR) is 114 cm³/mol. The molecule has 2 N–H and O–H groups in total. The van der Waals surface area contributed by atoms with Gasteiger partial charge in [0.25, 0.3) is 15.9 Å². The number of carbonyl (C=O) groups excluding carboxylic acids is 1. The highest BCUT2D eigenvalue weighted by Crippen LogP contribution is 2.28. The predicted octanol–water partition coefficient (Wildman–Crippen LogP) is 4.37. The van der Waals surface area contributed by atoms with E-state index in [1.807, 2.05) is 25.1 Å². The first-order chi connectivity index (χ1) is 13.8. The van der Waals surface area contributed by atoms with Crippen LogP contribution in [0.15, 0.2) is 71.6 Å². The van der Waals surface area contributed by atoms with Crippen molar-refractivity contribution in [3.8, 4) is 5.75 Å². The van der Waals surface area contributed by atoms with E-state index < -0.39 is 15.9 Å². The van der Waals surface area contributed by atoms with Crippen LogP contribution in [0.4, 0.5) is 11.4 Å². The first-order valence-electron chi connectivity index (χ1n) is 8.94. The number of rotatable bonds is 6. The Balaban J connectivity index is 1.93. The van der Waals surface area contributed by atoms with Gasteiger partial charge in [-0.05, 0) is 61.4 Å². The van der Waals surface area contributed by atoms with Gasteiger partial charge in [0, 0.05) is 5.69 Å². The monoisotopic (exact) mass is 410 g/mol. The number of ether oxygens (including phenoxy) is 1. The van der Waals surface area contributed by atoms with E-state index in [1.165, 1.54) is 13.2 Å². The fourth-order valence-electron chi connectivity index (χ4n) is 2.89. The summed E-state index contributed by atoms with van der Waals surface area (Å²) >= 11 is 0. The van der Waals surface area contributed by atoms with Crippen molar-refractivity contribution in [2.24, 2.45) is 0 Å². The highest BCUT2D eigenvalue weighted by Gasteiger charge is 2.22. The summed E-state index contributed by atoms with van der Waals surface area (Å²) in [7, 11) is -2.56. The number of hydrogen-bond donors (Lipinski definition) is 2. The second-order valence-corrected chi connectivity index (χ2v) is 8.28. The van der Waals surface area contributed by atoms with Crippen LogP contribution < -0.4 is 14.8 Å². The lowest BCUT2D eigenvalue weighted by Gasteiger charge is -2.15. The van der Waals surface area contributed by atoms with Crippen LogP contribution in [0.1, 0.15) is 21.5 Å². The molecule has 7 heteroatoms. The molecule has 0 aromatic heterocycles. The van der Waals surface area contributed by atoms with Gasteiger partial charge in [0.1, 0.15) is 10.6 Å². The summed E-state index contributed by atoms with van der Waals surface area (Å²) in [6.45, 7) is 3.72. The second-order valence-electron chi connectivity index (χ2n) is 6.63. The molecule has 0 unspecified atom stereocenters. The molecular formula is C22H22N2O4S. The zero-order chi connectivity index (χ0) is 21.0. The molecule has 3 aromatic rings. The standard InChI is InChI=1S/C22H22N2O4S/c1-15-7-6-8-17(13-15)23-22(25)18-9-4-5-10-19(18)24-29(26,27)21-14-16(2)11-12-20(21)28-3/h4-14,24H,1-3H3,(H,23,25). The maximum atomic E-state index is 13.0. The third-order valence-corrected chi connectivity index (χ3v) is 5.69. The Hall–Kier alpha value is -3.32. The van der Waals surface area contributed by atoms with Crippen LogP contribution in [0.25, 0.3) is 0 Å². The number of benzene rings is 3. The SMILES string of the molecule is COc1ccc(C)cc1S(=O)(=O)Nc1ccccc1C(=O)Nc1cccc(C)c1. The van der Waals surface area contributed by atoms with Crippen LogP contribution in [0.3, 0.4) is 0 Å². The Morgan fingerprint density at radius 1 is 0.897 bits per heavy atom. The van der Waals surface area contributed by atoms with Crippen molar-refractivity contribution in [2.45, 2.75) is 18.7 Å². The van der Waals surface area contributed by atoms with E-state index in [-0.39, 0.29) is 21.9 Å². The number of para-hydroxylation sites is 1. The Morgan fingerprint density at radius 3 is 2.34 bits per heavy atom. The number of carbonyl (C=O) groups is 1. The molecule has 0 heterocycles. The maximum absolute atomic E-state index is 13.0. The summed E-state index contributed by atoms with van der Waals surface area (Å²) < 4.78 is 33.7. The summed E-state index contributed by atoms with van der Waals surface area (Å²) in [6.07, 6.45) is 0. The van der Waals surface area contributed by atoms with E-state index in [9.17, 15) is 13.2 Å². The molecule has 6 nitrogen and oxygen atoms in total. The lowest BCUT2D eigenvalue weighted by atomic mass is 10.1. The summed E-state index contributed by atoms with van der Waals surface area (Å²) in [5, 5.41) is 2.80. The highest BCUT2D eigenvalue weighted by molar-refractivity contribution is 7.92. The van der Waals surface area contributed by atoms with Gasteiger partial charge in [0.05, 0.1) is 18.4 Å². The van der Waals surface area contributed by atoms with Crippen LogP contribution in [0, 0.1) is 13.8 Å². The van der Waals surface area contributed by atoms with Crippen molar-refractivity contribution in [3.05, 3.63) is 83.4 Å². The zero-order valence-corrected chi connectivity index (χ0v) is 17.2. The van der Waals surface area contributed by atoms with Crippen molar-refractivity contribution >= 4 is 27.3 Å². The Bertz CT molecular complexity index is 1160. The lowest BCUT2D eigenvalue weighted by Crippen LogP contribution is -2.19. The van der Waals surface area contributed by atoms with Crippen molar-refractivity contribution in [3.63, 3.8) is 0 Å². The van der Waals surface area contributed by atoms with E-state index in [4.69, 9.17) is 4.74 Å². The molecule has 0 saturated carbocycles. The minimum atomic E-state index is -3.97.